The molecule has 0 radical (unpaired) electrons. The third-order valence-electron chi connectivity index (χ3n) is 5.25. The second-order valence-corrected chi connectivity index (χ2v) is 9.22. The number of nitrogens with zero attached hydrogens (tertiary/aromatic N) is 1. The SMILES string of the molecule is COc1cc(CN(C(=O)CCCC/C=C\C(C)C)C(=O)CCCC/C=C\C(C)C)ccc1O. The van der Waals surface area contributed by atoms with Crippen molar-refractivity contribution in [1.82, 2.24) is 4.90 Å². The molecule has 0 aliphatic heterocycles. The smallest absolute Gasteiger partial charge is 0.229 e. The van der Waals surface area contributed by atoms with Crippen LogP contribution in [0.4, 0.5) is 0 Å². The Morgan fingerprint density at radius 3 is 1.88 bits per heavy atom. The molecule has 0 atom stereocenters. The fraction of sp³-hybridized carbons (Fsp3) is 0.571. The maximum absolute atomic E-state index is 13.0. The molecule has 1 aromatic rings. The molecule has 184 valence electrons. The zero-order chi connectivity index (χ0) is 24.6. The number of benzene rings is 1. The summed E-state index contributed by atoms with van der Waals surface area (Å²) in [6.45, 7) is 8.75. The number of carbonyl (C=O) groups excluding carboxylic acids is 2. The molecule has 1 aromatic carbocycles. The van der Waals surface area contributed by atoms with Crippen molar-refractivity contribution in [1.29, 1.82) is 0 Å². The van der Waals surface area contributed by atoms with Crippen LogP contribution in [0.5, 0.6) is 11.5 Å². The Labute approximate surface area is 200 Å². The lowest BCUT2D eigenvalue weighted by Gasteiger charge is -2.21. The number of rotatable bonds is 15. The summed E-state index contributed by atoms with van der Waals surface area (Å²) >= 11 is 0. The van der Waals surface area contributed by atoms with E-state index in [2.05, 4.69) is 52.0 Å². The van der Waals surface area contributed by atoms with Gasteiger partial charge in [0.2, 0.25) is 11.8 Å². The fourth-order valence-corrected chi connectivity index (χ4v) is 3.40. The first-order valence-electron chi connectivity index (χ1n) is 12.3. The standard InChI is InChI=1S/C28H43NO4/c1-22(2)14-10-6-8-12-16-27(31)29(21-24-18-19-25(30)26(20-24)33-5)28(32)17-13-9-7-11-15-23(3)4/h10-11,14-15,18-20,22-23,30H,6-9,12-13,16-17,21H2,1-5H3/b14-10-,15-11-. The second-order valence-electron chi connectivity index (χ2n) is 9.22. The number of amides is 2. The highest BCUT2D eigenvalue weighted by molar-refractivity contribution is 5.95. The molecule has 0 saturated carbocycles. The highest BCUT2D eigenvalue weighted by Gasteiger charge is 2.21. The van der Waals surface area contributed by atoms with E-state index < -0.39 is 0 Å². The topological polar surface area (TPSA) is 66.8 Å². The van der Waals surface area contributed by atoms with Crippen LogP contribution in [0.3, 0.4) is 0 Å². The van der Waals surface area contributed by atoms with Crippen LogP contribution < -0.4 is 4.74 Å². The fourth-order valence-electron chi connectivity index (χ4n) is 3.40. The summed E-state index contributed by atoms with van der Waals surface area (Å²) in [5.74, 6) is 1.15. The van der Waals surface area contributed by atoms with Crippen molar-refractivity contribution in [2.45, 2.75) is 85.6 Å². The van der Waals surface area contributed by atoms with Gasteiger partial charge in [-0.25, -0.2) is 0 Å². The molecule has 0 fully saturated rings. The van der Waals surface area contributed by atoms with Crippen molar-refractivity contribution in [3.05, 3.63) is 48.1 Å². The quantitative estimate of drug-likeness (QED) is 0.232. The number of unbranched alkanes of at least 4 members (excludes halogenated alkanes) is 4. The van der Waals surface area contributed by atoms with Crippen molar-refractivity contribution < 1.29 is 19.4 Å². The Morgan fingerprint density at radius 2 is 1.42 bits per heavy atom. The second kappa shape index (κ2) is 16.1. The van der Waals surface area contributed by atoms with Gasteiger partial charge in [0.25, 0.3) is 0 Å². The van der Waals surface area contributed by atoms with Crippen LogP contribution in [-0.4, -0.2) is 28.9 Å². The van der Waals surface area contributed by atoms with E-state index in [4.69, 9.17) is 4.74 Å². The number of ether oxygens (including phenoxy) is 1. The van der Waals surface area contributed by atoms with E-state index in [1.165, 1.54) is 18.1 Å². The minimum Gasteiger partial charge on any atom is -0.504 e. The molecule has 5 nitrogen and oxygen atoms in total. The summed E-state index contributed by atoms with van der Waals surface area (Å²) in [5.41, 5.74) is 0.756. The molecule has 0 aromatic heterocycles. The molecule has 2 amide bonds. The van der Waals surface area contributed by atoms with Crippen molar-refractivity contribution in [3.8, 4) is 11.5 Å². The van der Waals surface area contributed by atoms with Crippen LogP contribution in [-0.2, 0) is 16.1 Å². The molecular weight excluding hydrogens is 414 g/mol. The van der Waals surface area contributed by atoms with Crippen molar-refractivity contribution >= 4 is 11.8 Å². The number of aromatic hydroxyl groups is 1. The predicted octanol–water partition coefficient (Wildman–Crippen LogP) is 6.80. The van der Waals surface area contributed by atoms with Gasteiger partial charge in [0.1, 0.15) is 0 Å². The average Bonchev–Trinajstić information content (AvgIpc) is 2.77. The summed E-state index contributed by atoms with van der Waals surface area (Å²) in [4.78, 5) is 27.3. The number of phenolic OH excluding ortho intramolecular Hbond substituents is 1. The molecule has 0 unspecified atom stereocenters. The Hall–Kier alpha value is -2.56. The summed E-state index contributed by atoms with van der Waals surface area (Å²) in [6.07, 6.45) is 14.6. The summed E-state index contributed by atoms with van der Waals surface area (Å²) in [5, 5.41) is 9.85. The Bertz CT molecular complexity index is 742. The van der Waals surface area contributed by atoms with Gasteiger partial charge in [-0.15, -0.1) is 0 Å². The molecule has 0 aliphatic carbocycles. The molecule has 5 heteroatoms. The minimum absolute atomic E-state index is 0.0364. The van der Waals surface area contributed by atoms with Gasteiger partial charge in [0.05, 0.1) is 13.7 Å². The van der Waals surface area contributed by atoms with Gasteiger partial charge in [0, 0.05) is 12.8 Å². The number of imide groups is 1. The molecule has 1 N–H and O–H groups in total. The van der Waals surface area contributed by atoms with Crippen LogP contribution in [0, 0.1) is 11.8 Å². The maximum Gasteiger partial charge on any atom is 0.229 e. The van der Waals surface area contributed by atoms with Gasteiger partial charge in [-0.1, -0.05) is 58.1 Å². The highest BCUT2D eigenvalue weighted by atomic mass is 16.5. The molecule has 1 rings (SSSR count). The van der Waals surface area contributed by atoms with E-state index in [1.54, 1.807) is 12.1 Å². The maximum atomic E-state index is 13.0. The molecule has 0 saturated heterocycles. The lowest BCUT2D eigenvalue weighted by molar-refractivity contribution is -0.145. The molecule has 0 bridgehead atoms. The first-order valence-corrected chi connectivity index (χ1v) is 12.3. The summed E-state index contributed by atoms with van der Waals surface area (Å²) in [7, 11) is 1.48. The largest absolute Gasteiger partial charge is 0.504 e. The average molecular weight is 458 g/mol. The number of hydrogen-bond donors (Lipinski definition) is 1. The first kappa shape index (κ1) is 28.5. The zero-order valence-corrected chi connectivity index (χ0v) is 21.2. The third-order valence-corrected chi connectivity index (χ3v) is 5.25. The van der Waals surface area contributed by atoms with E-state index in [-0.39, 0.29) is 24.1 Å². The van der Waals surface area contributed by atoms with Crippen molar-refractivity contribution in [2.24, 2.45) is 11.8 Å². The first-order chi connectivity index (χ1) is 15.7. The van der Waals surface area contributed by atoms with E-state index in [0.29, 0.717) is 30.4 Å². The third kappa shape index (κ3) is 12.3. The number of allylic oxidation sites excluding steroid dienone is 4. The highest BCUT2D eigenvalue weighted by Crippen LogP contribution is 2.27. The lowest BCUT2D eigenvalue weighted by atomic mass is 10.1. The zero-order valence-electron chi connectivity index (χ0n) is 21.2. The van der Waals surface area contributed by atoms with E-state index in [1.807, 2.05) is 0 Å². The minimum atomic E-state index is -0.139. The summed E-state index contributed by atoms with van der Waals surface area (Å²) < 4.78 is 5.18. The van der Waals surface area contributed by atoms with Crippen LogP contribution in [0.2, 0.25) is 0 Å². The number of phenols is 1. The Kier molecular flexibility index (Phi) is 13.9. The van der Waals surface area contributed by atoms with Crippen LogP contribution in [0.1, 0.15) is 84.6 Å². The van der Waals surface area contributed by atoms with Crippen LogP contribution in [0.25, 0.3) is 0 Å². The molecule has 0 heterocycles. The Balaban J connectivity index is 2.72. The number of hydrogen-bond acceptors (Lipinski definition) is 4. The van der Waals surface area contributed by atoms with Gasteiger partial charge >= 0.3 is 0 Å². The van der Waals surface area contributed by atoms with Gasteiger partial charge in [0.15, 0.2) is 11.5 Å². The predicted molar refractivity (Wildman–Crippen MR) is 135 cm³/mol. The Morgan fingerprint density at radius 1 is 0.909 bits per heavy atom. The van der Waals surface area contributed by atoms with Crippen molar-refractivity contribution in [2.75, 3.05) is 7.11 Å². The van der Waals surface area contributed by atoms with Gasteiger partial charge in [-0.2, -0.15) is 0 Å². The van der Waals surface area contributed by atoms with E-state index in [0.717, 1.165) is 44.1 Å². The van der Waals surface area contributed by atoms with Gasteiger partial charge in [-0.05, 0) is 68.1 Å². The van der Waals surface area contributed by atoms with E-state index in [9.17, 15) is 14.7 Å². The molecule has 33 heavy (non-hydrogen) atoms. The number of methoxy groups -OCH3 is 1. The molecule has 0 aliphatic rings. The van der Waals surface area contributed by atoms with Gasteiger partial charge in [-0.3, -0.25) is 14.5 Å². The molecular formula is C28H43NO4. The van der Waals surface area contributed by atoms with Crippen LogP contribution >= 0.6 is 0 Å². The van der Waals surface area contributed by atoms with E-state index >= 15 is 0 Å². The lowest BCUT2D eigenvalue weighted by Crippen LogP contribution is -2.36. The van der Waals surface area contributed by atoms with Crippen molar-refractivity contribution in [3.63, 3.8) is 0 Å². The monoisotopic (exact) mass is 457 g/mol. The van der Waals surface area contributed by atoms with Gasteiger partial charge < -0.3 is 9.84 Å². The molecule has 0 spiro atoms. The summed E-state index contributed by atoms with van der Waals surface area (Å²) in [6, 6.07) is 4.93. The normalized spacial score (nSPS) is 11.7. The van der Waals surface area contributed by atoms with Crippen LogP contribution in [0.15, 0.2) is 42.5 Å². The number of carbonyl (C=O) groups is 2.